The molecule has 0 saturated carbocycles. The third kappa shape index (κ3) is 6.01. The highest BCUT2D eigenvalue weighted by atomic mass is 32.1. The van der Waals surface area contributed by atoms with Gasteiger partial charge in [-0.1, -0.05) is 0 Å². The van der Waals surface area contributed by atoms with Crippen molar-refractivity contribution in [3.8, 4) is 0 Å². The first-order chi connectivity index (χ1) is 8.99. The van der Waals surface area contributed by atoms with Crippen LogP contribution in [-0.4, -0.2) is 23.0 Å². The Morgan fingerprint density at radius 3 is 2.58 bits per heavy atom. The molecule has 0 unspecified atom stereocenters. The van der Waals surface area contributed by atoms with Gasteiger partial charge in [-0.25, -0.2) is 4.79 Å². The molecule has 0 saturated heterocycles. The third-order valence-electron chi connectivity index (χ3n) is 2.45. The van der Waals surface area contributed by atoms with Crippen molar-refractivity contribution < 1.29 is 19.5 Å². The van der Waals surface area contributed by atoms with Gasteiger partial charge in [-0.05, 0) is 35.2 Å². The number of imide groups is 1. The number of carbonyl (C=O) groups excluding carboxylic acids is 2. The lowest BCUT2D eigenvalue weighted by Crippen LogP contribution is -2.39. The average Bonchev–Trinajstić information content (AvgIpc) is 2.71. The fourth-order valence-corrected chi connectivity index (χ4v) is 2.23. The zero-order valence-corrected chi connectivity index (χ0v) is 11.4. The molecule has 1 rings (SSSR count). The molecule has 0 aliphatic heterocycles. The van der Waals surface area contributed by atoms with Gasteiger partial charge in [0.2, 0.25) is 5.91 Å². The van der Waals surface area contributed by atoms with Gasteiger partial charge in [0, 0.05) is 19.4 Å². The Labute approximate surface area is 114 Å². The summed E-state index contributed by atoms with van der Waals surface area (Å²) in [5.74, 6) is -1.43. The Hall–Kier alpha value is -1.89. The van der Waals surface area contributed by atoms with Crippen LogP contribution in [0, 0.1) is 6.92 Å². The van der Waals surface area contributed by atoms with Crippen molar-refractivity contribution in [2.24, 2.45) is 0 Å². The van der Waals surface area contributed by atoms with Crippen LogP contribution in [0.2, 0.25) is 0 Å². The second-order valence-corrected chi connectivity index (χ2v) is 4.80. The third-order valence-corrected chi connectivity index (χ3v) is 3.36. The van der Waals surface area contributed by atoms with Crippen LogP contribution in [-0.2, 0) is 16.1 Å². The van der Waals surface area contributed by atoms with Crippen molar-refractivity contribution in [3.63, 3.8) is 0 Å². The Morgan fingerprint density at radius 2 is 2.00 bits per heavy atom. The van der Waals surface area contributed by atoms with Gasteiger partial charge in [-0.15, -0.1) is 0 Å². The van der Waals surface area contributed by atoms with Crippen molar-refractivity contribution in [1.82, 2.24) is 10.6 Å². The van der Waals surface area contributed by atoms with E-state index in [1.807, 2.05) is 17.7 Å². The van der Waals surface area contributed by atoms with Gasteiger partial charge >= 0.3 is 12.0 Å². The van der Waals surface area contributed by atoms with Crippen LogP contribution in [0.15, 0.2) is 10.8 Å². The second kappa shape index (κ2) is 7.52. The van der Waals surface area contributed by atoms with Gasteiger partial charge in [0.15, 0.2) is 0 Å². The molecule has 0 bridgehead atoms. The van der Waals surface area contributed by atoms with Gasteiger partial charge in [-0.3, -0.25) is 14.9 Å². The molecule has 0 atom stereocenters. The maximum absolute atomic E-state index is 11.4. The summed E-state index contributed by atoms with van der Waals surface area (Å²) in [4.78, 5) is 33.0. The van der Waals surface area contributed by atoms with E-state index in [0.29, 0.717) is 6.54 Å². The summed E-state index contributed by atoms with van der Waals surface area (Å²) in [6, 6.07) is -0.564. The summed E-state index contributed by atoms with van der Waals surface area (Å²) in [5, 5.41) is 17.1. The lowest BCUT2D eigenvalue weighted by molar-refractivity contribution is -0.137. The maximum atomic E-state index is 11.4. The summed E-state index contributed by atoms with van der Waals surface area (Å²) < 4.78 is 0. The van der Waals surface area contributed by atoms with E-state index in [4.69, 9.17) is 5.11 Å². The monoisotopic (exact) mass is 284 g/mol. The van der Waals surface area contributed by atoms with Crippen LogP contribution in [0.25, 0.3) is 0 Å². The van der Waals surface area contributed by atoms with E-state index in [9.17, 15) is 14.4 Å². The van der Waals surface area contributed by atoms with Gasteiger partial charge in [0.25, 0.3) is 0 Å². The number of rotatable bonds is 6. The Morgan fingerprint density at radius 1 is 1.26 bits per heavy atom. The van der Waals surface area contributed by atoms with Crippen LogP contribution >= 0.6 is 11.3 Å². The molecule has 0 spiro atoms. The number of aliphatic carboxylic acids is 1. The lowest BCUT2D eigenvalue weighted by atomic mass is 10.2. The molecule has 104 valence electrons. The standard InChI is InChI=1S/C12H16N2O4S/c1-8-6-19-7-9(8)5-13-12(18)14-10(15)3-2-4-11(16)17/h6-7H,2-5H2,1H3,(H,16,17)(H2,13,14,15,18). The van der Waals surface area contributed by atoms with Crippen molar-refractivity contribution in [2.75, 3.05) is 0 Å². The molecule has 0 aliphatic rings. The number of carboxylic acids is 1. The summed E-state index contributed by atoms with van der Waals surface area (Å²) in [6.45, 7) is 2.31. The van der Waals surface area contributed by atoms with Gasteiger partial charge in [0.1, 0.15) is 0 Å². The highest BCUT2D eigenvalue weighted by molar-refractivity contribution is 7.08. The molecule has 1 heterocycles. The first kappa shape index (κ1) is 15.2. The fourth-order valence-electron chi connectivity index (χ4n) is 1.38. The number of amides is 3. The number of carboxylic acid groups (broad SMARTS) is 1. The molecule has 1 aromatic heterocycles. The minimum absolute atomic E-state index is 0.0250. The topological polar surface area (TPSA) is 95.5 Å². The molecule has 19 heavy (non-hydrogen) atoms. The van der Waals surface area contributed by atoms with E-state index in [-0.39, 0.29) is 19.3 Å². The van der Waals surface area contributed by atoms with Crippen LogP contribution < -0.4 is 10.6 Å². The Bertz CT molecular complexity index is 470. The molecule has 0 radical (unpaired) electrons. The first-order valence-electron chi connectivity index (χ1n) is 5.80. The molecule has 1 aromatic rings. The fraction of sp³-hybridized carbons (Fsp3) is 0.417. The number of carbonyl (C=O) groups is 3. The van der Waals surface area contributed by atoms with Crippen LogP contribution in [0.1, 0.15) is 30.4 Å². The predicted octanol–water partition coefficient (Wildman–Crippen LogP) is 1.64. The van der Waals surface area contributed by atoms with Gasteiger partial charge < -0.3 is 10.4 Å². The normalized spacial score (nSPS) is 9.95. The van der Waals surface area contributed by atoms with E-state index >= 15 is 0 Å². The number of urea groups is 1. The van der Waals surface area contributed by atoms with Crippen molar-refractivity contribution in [3.05, 3.63) is 21.9 Å². The SMILES string of the molecule is Cc1cscc1CNC(=O)NC(=O)CCCC(=O)O. The molecular formula is C12H16N2O4S. The number of nitrogens with one attached hydrogen (secondary N) is 2. The van der Waals surface area contributed by atoms with E-state index in [0.717, 1.165) is 11.1 Å². The minimum Gasteiger partial charge on any atom is -0.481 e. The summed E-state index contributed by atoms with van der Waals surface area (Å²) in [7, 11) is 0. The predicted molar refractivity (Wildman–Crippen MR) is 70.9 cm³/mol. The second-order valence-electron chi connectivity index (χ2n) is 4.06. The van der Waals surface area contributed by atoms with E-state index in [1.165, 1.54) is 0 Å². The molecule has 0 aliphatic carbocycles. The smallest absolute Gasteiger partial charge is 0.321 e. The van der Waals surface area contributed by atoms with Crippen molar-refractivity contribution >= 4 is 29.2 Å². The highest BCUT2D eigenvalue weighted by Gasteiger charge is 2.09. The zero-order valence-electron chi connectivity index (χ0n) is 10.6. The quantitative estimate of drug-likeness (QED) is 0.740. The van der Waals surface area contributed by atoms with E-state index in [2.05, 4.69) is 10.6 Å². The number of hydrogen-bond donors (Lipinski definition) is 3. The zero-order chi connectivity index (χ0) is 14.3. The van der Waals surface area contributed by atoms with Crippen molar-refractivity contribution in [2.45, 2.75) is 32.7 Å². The van der Waals surface area contributed by atoms with Crippen LogP contribution in [0.4, 0.5) is 4.79 Å². The van der Waals surface area contributed by atoms with Gasteiger partial charge in [0.05, 0.1) is 0 Å². The molecule has 7 heteroatoms. The molecule has 0 aromatic carbocycles. The highest BCUT2D eigenvalue weighted by Crippen LogP contribution is 2.12. The molecule has 3 amide bonds. The number of aryl methyl sites for hydroxylation is 1. The Balaban J connectivity index is 2.22. The largest absolute Gasteiger partial charge is 0.481 e. The first-order valence-corrected chi connectivity index (χ1v) is 6.74. The average molecular weight is 284 g/mol. The lowest BCUT2D eigenvalue weighted by Gasteiger charge is -2.06. The van der Waals surface area contributed by atoms with Crippen LogP contribution in [0.5, 0.6) is 0 Å². The molecule has 0 fully saturated rings. The Kier molecular flexibility index (Phi) is 6.01. The number of thiophene rings is 1. The summed E-state index contributed by atoms with van der Waals surface area (Å²) in [5.41, 5.74) is 2.11. The summed E-state index contributed by atoms with van der Waals surface area (Å²) >= 11 is 1.55. The minimum atomic E-state index is -0.954. The van der Waals surface area contributed by atoms with E-state index < -0.39 is 17.9 Å². The number of hydrogen-bond acceptors (Lipinski definition) is 4. The van der Waals surface area contributed by atoms with E-state index in [1.54, 1.807) is 11.3 Å². The molecular weight excluding hydrogens is 268 g/mol. The van der Waals surface area contributed by atoms with Crippen LogP contribution in [0.3, 0.4) is 0 Å². The molecule has 6 nitrogen and oxygen atoms in total. The van der Waals surface area contributed by atoms with Gasteiger partial charge in [-0.2, -0.15) is 11.3 Å². The molecule has 3 N–H and O–H groups in total. The maximum Gasteiger partial charge on any atom is 0.321 e. The summed E-state index contributed by atoms with van der Waals surface area (Å²) in [6.07, 6.45) is 0.165. The van der Waals surface area contributed by atoms with Crippen molar-refractivity contribution in [1.29, 1.82) is 0 Å².